The van der Waals surface area contributed by atoms with Crippen molar-refractivity contribution in [2.75, 3.05) is 19.5 Å². The molecule has 22 heavy (non-hydrogen) atoms. The van der Waals surface area contributed by atoms with Crippen molar-refractivity contribution in [3.8, 4) is 11.5 Å². The number of ether oxygens (including phenoxy) is 2. The van der Waals surface area contributed by atoms with Gasteiger partial charge in [0.25, 0.3) is 0 Å². The highest BCUT2D eigenvalue weighted by atomic mass is 32.1. The van der Waals surface area contributed by atoms with Crippen molar-refractivity contribution in [2.45, 2.75) is 13.8 Å². The van der Waals surface area contributed by atoms with Crippen LogP contribution in [0.25, 0.3) is 10.2 Å². The van der Waals surface area contributed by atoms with Crippen LogP contribution < -0.4 is 14.8 Å². The van der Waals surface area contributed by atoms with Gasteiger partial charge in [-0.25, -0.2) is 9.97 Å². The molecule has 0 aliphatic carbocycles. The Morgan fingerprint density at radius 2 is 1.73 bits per heavy atom. The standard InChI is InChI=1S/C16H17N3O2S/c1-9-10(2)22-16-13(9)15(17-8-18-16)19-14-11(20-3)6-5-7-12(14)21-4/h5-8H,1-4H3,(H,17,18,19). The van der Waals surface area contributed by atoms with E-state index < -0.39 is 0 Å². The maximum atomic E-state index is 5.42. The smallest absolute Gasteiger partial charge is 0.146 e. The predicted octanol–water partition coefficient (Wildman–Crippen LogP) is 4.07. The van der Waals surface area contributed by atoms with Crippen LogP contribution >= 0.6 is 11.3 Å². The van der Waals surface area contributed by atoms with Crippen molar-refractivity contribution < 1.29 is 9.47 Å². The minimum atomic E-state index is 0.704. The maximum absolute atomic E-state index is 5.42. The van der Waals surface area contributed by atoms with Gasteiger partial charge in [0.15, 0.2) is 0 Å². The fourth-order valence-electron chi connectivity index (χ4n) is 2.37. The second kappa shape index (κ2) is 5.81. The summed E-state index contributed by atoms with van der Waals surface area (Å²) in [4.78, 5) is 11.0. The second-order valence-electron chi connectivity index (χ2n) is 4.85. The maximum Gasteiger partial charge on any atom is 0.146 e. The lowest BCUT2D eigenvalue weighted by Crippen LogP contribution is -2.00. The number of nitrogens with zero attached hydrogens (tertiary/aromatic N) is 2. The number of fused-ring (bicyclic) bond motifs is 1. The summed E-state index contributed by atoms with van der Waals surface area (Å²) in [5.74, 6) is 2.17. The SMILES string of the molecule is COc1cccc(OC)c1Nc1ncnc2sc(C)c(C)c12. The number of benzene rings is 1. The summed E-state index contributed by atoms with van der Waals surface area (Å²) in [5.41, 5.74) is 1.95. The van der Waals surface area contributed by atoms with Crippen LogP contribution in [0, 0.1) is 13.8 Å². The Bertz CT molecular complexity index is 807. The lowest BCUT2D eigenvalue weighted by atomic mass is 10.2. The molecule has 3 rings (SSSR count). The van der Waals surface area contributed by atoms with Crippen molar-refractivity contribution in [3.63, 3.8) is 0 Å². The van der Waals surface area contributed by atoms with Crippen molar-refractivity contribution in [1.29, 1.82) is 0 Å². The molecule has 0 aliphatic heterocycles. The van der Waals surface area contributed by atoms with E-state index in [4.69, 9.17) is 9.47 Å². The van der Waals surface area contributed by atoms with Gasteiger partial charge < -0.3 is 14.8 Å². The van der Waals surface area contributed by atoms with Crippen LogP contribution in [0.4, 0.5) is 11.5 Å². The topological polar surface area (TPSA) is 56.3 Å². The van der Waals surface area contributed by atoms with Gasteiger partial charge in [0.05, 0.1) is 19.6 Å². The normalized spacial score (nSPS) is 10.7. The average molecular weight is 315 g/mol. The summed E-state index contributed by atoms with van der Waals surface area (Å²) in [6, 6.07) is 5.66. The fraction of sp³-hybridized carbons (Fsp3) is 0.250. The van der Waals surface area contributed by atoms with Crippen molar-refractivity contribution in [2.24, 2.45) is 0 Å². The molecule has 114 valence electrons. The molecule has 1 aromatic carbocycles. The molecule has 3 aromatic rings. The van der Waals surface area contributed by atoms with E-state index >= 15 is 0 Å². The molecule has 0 fully saturated rings. The lowest BCUT2D eigenvalue weighted by Gasteiger charge is -2.15. The zero-order valence-corrected chi connectivity index (χ0v) is 13.7. The Morgan fingerprint density at radius 1 is 1.05 bits per heavy atom. The van der Waals surface area contributed by atoms with E-state index in [9.17, 15) is 0 Å². The van der Waals surface area contributed by atoms with Crippen molar-refractivity contribution >= 4 is 33.1 Å². The van der Waals surface area contributed by atoms with E-state index in [1.165, 1.54) is 10.4 Å². The molecule has 0 unspecified atom stereocenters. The van der Waals surface area contributed by atoms with Crippen LogP contribution in [-0.2, 0) is 0 Å². The van der Waals surface area contributed by atoms with E-state index in [2.05, 4.69) is 29.1 Å². The van der Waals surface area contributed by atoms with E-state index in [0.717, 1.165) is 21.7 Å². The first-order valence-electron chi connectivity index (χ1n) is 6.84. The third kappa shape index (κ3) is 2.35. The zero-order valence-electron chi connectivity index (χ0n) is 12.9. The Hall–Kier alpha value is -2.34. The molecule has 1 N–H and O–H groups in total. The molecule has 0 atom stereocenters. The third-order valence-electron chi connectivity index (χ3n) is 3.64. The Balaban J connectivity index is 2.15. The fourth-order valence-corrected chi connectivity index (χ4v) is 3.37. The molecule has 0 spiro atoms. The molecule has 6 heteroatoms. The summed E-state index contributed by atoms with van der Waals surface area (Å²) >= 11 is 1.67. The first kappa shape index (κ1) is 14.6. The third-order valence-corrected chi connectivity index (χ3v) is 4.75. The van der Waals surface area contributed by atoms with Crippen molar-refractivity contribution in [3.05, 3.63) is 35.0 Å². The summed E-state index contributed by atoms with van der Waals surface area (Å²) in [5, 5.41) is 4.39. The van der Waals surface area contributed by atoms with Gasteiger partial charge in [-0.1, -0.05) is 6.07 Å². The molecule has 0 radical (unpaired) electrons. The van der Waals surface area contributed by atoms with Gasteiger partial charge in [-0.3, -0.25) is 0 Å². The molecule has 0 amide bonds. The number of thiophene rings is 1. The summed E-state index contributed by atoms with van der Waals surface area (Å²) in [6.07, 6.45) is 1.57. The number of nitrogens with one attached hydrogen (secondary N) is 1. The summed E-state index contributed by atoms with van der Waals surface area (Å²) < 4.78 is 10.8. The van der Waals surface area contributed by atoms with E-state index in [1.807, 2.05) is 18.2 Å². The molecule has 0 bridgehead atoms. The Labute approximate surface area is 132 Å². The minimum Gasteiger partial charge on any atom is -0.494 e. The highest BCUT2D eigenvalue weighted by Crippen LogP contribution is 2.39. The van der Waals surface area contributed by atoms with Gasteiger partial charge in [0, 0.05) is 4.88 Å². The van der Waals surface area contributed by atoms with Crippen LogP contribution in [0.2, 0.25) is 0 Å². The number of hydrogen-bond donors (Lipinski definition) is 1. The Morgan fingerprint density at radius 3 is 2.36 bits per heavy atom. The van der Waals surface area contributed by atoms with Crippen molar-refractivity contribution in [1.82, 2.24) is 9.97 Å². The number of para-hydroxylation sites is 1. The van der Waals surface area contributed by atoms with Crippen LogP contribution in [-0.4, -0.2) is 24.2 Å². The van der Waals surface area contributed by atoms with Gasteiger partial charge in [0.1, 0.15) is 34.2 Å². The van der Waals surface area contributed by atoms with Gasteiger partial charge in [-0.15, -0.1) is 11.3 Å². The number of aromatic nitrogens is 2. The molecule has 2 heterocycles. The average Bonchev–Trinajstić information content (AvgIpc) is 2.83. The van der Waals surface area contributed by atoms with E-state index in [-0.39, 0.29) is 0 Å². The van der Waals surface area contributed by atoms with Gasteiger partial charge >= 0.3 is 0 Å². The van der Waals surface area contributed by atoms with Gasteiger partial charge in [0.2, 0.25) is 0 Å². The molecule has 0 saturated carbocycles. The minimum absolute atomic E-state index is 0.704. The van der Waals surface area contributed by atoms with Gasteiger partial charge in [-0.05, 0) is 31.5 Å². The molecule has 5 nitrogen and oxygen atoms in total. The molecular weight excluding hydrogens is 298 g/mol. The molecular formula is C16H17N3O2S. The van der Waals surface area contributed by atoms with E-state index in [1.54, 1.807) is 31.9 Å². The first-order chi connectivity index (χ1) is 10.7. The molecule has 2 aromatic heterocycles. The highest BCUT2D eigenvalue weighted by Gasteiger charge is 2.16. The van der Waals surface area contributed by atoms with Crippen LogP contribution in [0.1, 0.15) is 10.4 Å². The Kier molecular flexibility index (Phi) is 3.85. The lowest BCUT2D eigenvalue weighted by molar-refractivity contribution is 0.398. The van der Waals surface area contributed by atoms with Crippen LogP contribution in [0.15, 0.2) is 24.5 Å². The monoisotopic (exact) mass is 315 g/mol. The summed E-state index contributed by atoms with van der Waals surface area (Å²) in [7, 11) is 3.27. The summed E-state index contributed by atoms with van der Waals surface area (Å²) in [6.45, 7) is 4.18. The largest absolute Gasteiger partial charge is 0.494 e. The highest BCUT2D eigenvalue weighted by molar-refractivity contribution is 7.18. The number of anilines is 2. The zero-order chi connectivity index (χ0) is 15.7. The molecule has 0 aliphatic rings. The van der Waals surface area contributed by atoms with Crippen LogP contribution in [0.5, 0.6) is 11.5 Å². The van der Waals surface area contributed by atoms with E-state index in [0.29, 0.717) is 11.5 Å². The second-order valence-corrected chi connectivity index (χ2v) is 6.05. The number of rotatable bonds is 4. The molecule has 0 saturated heterocycles. The van der Waals surface area contributed by atoms with Crippen LogP contribution in [0.3, 0.4) is 0 Å². The number of aryl methyl sites for hydroxylation is 2. The quantitative estimate of drug-likeness (QED) is 0.786. The van der Waals surface area contributed by atoms with Gasteiger partial charge in [-0.2, -0.15) is 0 Å². The number of hydrogen-bond acceptors (Lipinski definition) is 6. The first-order valence-corrected chi connectivity index (χ1v) is 7.66. The number of methoxy groups -OCH3 is 2. The predicted molar refractivity (Wildman–Crippen MR) is 89.7 cm³/mol.